The zero-order valence-electron chi connectivity index (χ0n) is 18.7. The van der Waals surface area contributed by atoms with E-state index in [4.69, 9.17) is 0 Å². The molecule has 0 unspecified atom stereocenters. The maximum absolute atomic E-state index is 4.23. The number of aryl methyl sites for hydroxylation is 1. The van der Waals surface area contributed by atoms with Gasteiger partial charge in [0.2, 0.25) is 0 Å². The first-order valence-corrected chi connectivity index (χ1v) is 10.5. The van der Waals surface area contributed by atoms with E-state index in [-0.39, 0.29) is 32.7 Å². The Bertz CT molecular complexity index is 724. The molecule has 2 aromatic carbocycles. The third-order valence-electron chi connectivity index (χ3n) is 3.95. The van der Waals surface area contributed by atoms with Gasteiger partial charge in [0.1, 0.15) is 0 Å². The van der Waals surface area contributed by atoms with Gasteiger partial charge < -0.3 is 9.97 Å². The zero-order chi connectivity index (χ0) is 20.6. The molecule has 0 amide bonds. The Morgan fingerprint density at radius 3 is 2.10 bits per heavy atom. The van der Waals surface area contributed by atoms with Crippen molar-refractivity contribution in [1.29, 1.82) is 0 Å². The minimum atomic E-state index is 0. The Hall–Kier alpha value is -1.38. The first-order chi connectivity index (χ1) is 13.8. The monoisotopic (exact) mass is 463 g/mol. The zero-order valence-corrected chi connectivity index (χ0v) is 21.5. The molecule has 1 fully saturated rings. The molecule has 3 heteroatoms. The Morgan fingerprint density at radius 1 is 0.931 bits per heavy atom. The van der Waals surface area contributed by atoms with Crippen LogP contribution in [0.5, 0.6) is 0 Å². The molecule has 1 radical (unpaired) electrons. The van der Waals surface area contributed by atoms with Crippen LogP contribution in [0.15, 0.2) is 60.8 Å². The topological polar surface area (TPSA) is 25.8 Å². The van der Waals surface area contributed by atoms with Gasteiger partial charge in [-0.15, -0.1) is 5.56 Å². The molecule has 1 heterocycles. The number of hydrogen-bond acceptors (Lipinski definition) is 2. The van der Waals surface area contributed by atoms with Crippen LogP contribution in [0.1, 0.15) is 63.1 Å². The summed E-state index contributed by atoms with van der Waals surface area (Å²) in [6.07, 6.45) is 9.60. The van der Waals surface area contributed by atoms with Gasteiger partial charge in [-0.05, 0) is 31.6 Å². The van der Waals surface area contributed by atoms with Gasteiger partial charge in [0, 0.05) is 38.5 Å². The van der Waals surface area contributed by atoms with E-state index in [2.05, 4.69) is 46.5 Å². The number of nitrogens with zero attached hydrogens (tertiary/aromatic N) is 2. The Balaban J connectivity index is 0.000000463. The summed E-state index contributed by atoms with van der Waals surface area (Å²) in [4.78, 5) is 8.37. The van der Waals surface area contributed by atoms with Gasteiger partial charge in [-0.25, -0.2) is 0 Å². The molecule has 0 atom stereocenters. The molecule has 0 aliphatic heterocycles. The van der Waals surface area contributed by atoms with Crippen LogP contribution < -0.4 is 0 Å². The molecular formula is C26H34N2Y-2. The van der Waals surface area contributed by atoms with Crippen molar-refractivity contribution >= 4 is 0 Å². The molecule has 153 valence electrons. The standard InChI is InChI=1S/C12H11N2.C10H11.2C2H6.Y/c1-10-8-13-12(14-9-10)7-11-5-3-2-4-6-11;1-2-4-9(5-3-1)8-10-6-7-10;2*1-2;/h2-6,8H,7H2,1H3;1-4,10H,6-8H2;2*1-2H3;/q2*-1;;;. The van der Waals surface area contributed by atoms with Crippen molar-refractivity contribution < 1.29 is 32.7 Å². The van der Waals surface area contributed by atoms with Gasteiger partial charge >= 0.3 is 0 Å². The molecule has 4 rings (SSSR count). The maximum Gasteiger partial charge on any atom is 0.0180 e. The predicted molar refractivity (Wildman–Crippen MR) is 119 cm³/mol. The molecule has 0 spiro atoms. The summed E-state index contributed by atoms with van der Waals surface area (Å²) < 4.78 is 0. The van der Waals surface area contributed by atoms with Crippen LogP contribution >= 0.6 is 0 Å². The maximum atomic E-state index is 4.23. The Morgan fingerprint density at radius 2 is 1.59 bits per heavy atom. The first kappa shape index (κ1) is 27.6. The summed E-state index contributed by atoms with van der Waals surface area (Å²) in [5.74, 6) is 1.81. The molecule has 29 heavy (non-hydrogen) atoms. The number of hydrogen-bond donors (Lipinski definition) is 0. The van der Waals surface area contributed by atoms with E-state index >= 15 is 0 Å². The van der Waals surface area contributed by atoms with Crippen molar-refractivity contribution in [2.75, 3.05) is 0 Å². The van der Waals surface area contributed by atoms with E-state index in [0.717, 1.165) is 23.7 Å². The first-order valence-electron chi connectivity index (χ1n) is 10.5. The van der Waals surface area contributed by atoms with E-state index in [1.54, 1.807) is 6.20 Å². The molecule has 0 bridgehead atoms. The van der Waals surface area contributed by atoms with Gasteiger partial charge in [0.05, 0.1) is 0 Å². The molecule has 0 N–H and O–H groups in total. The van der Waals surface area contributed by atoms with Crippen LogP contribution in [0.3, 0.4) is 0 Å². The normalized spacial score (nSPS) is 11.2. The summed E-state index contributed by atoms with van der Waals surface area (Å²) in [6, 6.07) is 21.7. The van der Waals surface area contributed by atoms with Gasteiger partial charge in [-0.1, -0.05) is 82.9 Å². The van der Waals surface area contributed by atoms with E-state index in [9.17, 15) is 0 Å². The minimum absolute atomic E-state index is 0. The van der Waals surface area contributed by atoms with Crippen LogP contribution in [-0.2, 0) is 45.6 Å². The summed E-state index contributed by atoms with van der Waals surface area (Å²) in [5.41, 5.74) is 3.58. The number of aromatic nitrogens is 2. The predicted octanol–water partition coefficient (Wildman–Crippen LogP) is 6.67. The van der Waals surface area contributed by atoms with Gasteiger partial charge in [0.15, 0.2) is 0 Å². The molecule has 1 aliphatic carbocycles. The molecule has 0 saturated heterocycles. The van der Waals surface area contributed by atoms with Crippen LogP contribution in [0.4, 0.5) is 0 Å². The minimum Gasteiger partial charge on any atom is -0.373 e. The summed E-state index contributed by atoms with van der Waals surface area (Å²) in [5, 5.41) is 0. The smallest absolute Gasteiger partial charge is 0.0180 e. The van der Waals surface area contributed by atoms with Gasteiger partial charge in [0.25, 0.3) is 0 Å². The average molecular weight is 463 g/mol. The second-order valence-electron chi connectivity index (χ2n) is 6.28. The number of rotatable bonds is 4. The fourth-order valence-corrected chi connectivity index (χ4v) is 2.44. The van der Waals surface area contributed by atoms with Crippen LogP contribution in [0, 0.1) is 25.1 Å². The van der Waals surface area contributed by atoms with E-state index < -0.39 is 0 Å². The van der Waals surface area contributed by atoms with E-state index in [0.29, 0.717) is 0 Å². The van der Waals surface area contributed by atoms with Crippen molar-refractivity contribution in [3.8, 4) is 0 Å². The number of benzene rings is 2. The second-order valence-corrected chi connectivity index (χ2v) is 6.28. The van der Waals surface area contributed by atoms with Crippen LogP contribution in [-0.4, -0.2) is 9.97 Å². The van der Waals surface area contributed by atoms with Crippen molar-refractivity contribution in [2.24, 2.45) is 5.92 Å². The average Bonchev–Trinajstić information content (AvgIpc) is 3.59. The third-order valence-corrected chi connectivity index (χ3v) is 3.95. The summed E-state index contributed by atoms with van der Waals surface area (Å²) in [6.45, 7) is 9.94. The summed E-state index contributed by atoms with van der Waals surface area (Å²) in [7, 11) is 0. The Kier molecular flexibility index (Phi) is 16.7. The van der Waals surface area contributed by atoms with Crippen LogP contribution in [0.2, 0.25) is 0 Å². The molecular weight excluding hydrogens is 429 g/mol. The second kappa shape index (κ2) is 17.5. The molecule has 1 aromatic heterocycles. The molecule has 1 aliphatic rings. The fraction of sp³-hybridized carbons (Fsp3) is 0.385. The van der Waals surface area contributed by atoms with E-state index in [1.165, 1.54) is 30.4 Å². The largest absolute Gasteiger partial charge is 0.373 e. The van der Waals surface area contributed by atoms with Crippen molar-refractivity contribution in [3.05, 3.63) is 95.6 Å². The Labute approximate surface area is 203 Å². The third kappa shape index (κ3) is 12.7. The van der Waals surface area contributed by atoms with Crippen molar-refractivity contribution in [1.82, 2.24) is 9.97 Å². The quantitative estimate of drug-likeness (QED) is 0.404. The molecule has 3 aromatic rings. The SMILES string of the molecule is CC.CC.Cc1[c-]nc(Cc2ccccc2)nc1.[Y].[c-]1ccccc1CC1CC1. The van der Waals surface area contributed by atoms with Crippen molar-refractivity contribution in [3.63, 3.8) is 0 Å². The fourth-order valence-electron chi connectivity index (χ4n) is 2.44. The van der Waals surface area contributed by atoms with Gasteiger partial charge in [-0.2, -0.15) is 35.9 Å². The van der Waals surface area contributed by atoms with E-state index in [1.807, 2.05) is 65.0 Å². The summed E-state index contributed by atoms with van der Waals surface area (Å²) >= 11 is 0. The van der Waals surface area contributed by atoms with Crippen LogP contribution in [0.25, 0.3) is 0 Å². The molecule has 2 nitrogen and oxygen atoms in total. The molecule has 1 saturated carbocycles. The van der Waals surface area contributed by atoms with Gasteiger partial charge in [-0.3, -0.25) is 0 Å². The van der Waals surface area contributed by atoms with Crippen molar-refractivity contribution in [2.45, 2.75) is 60.3 Å².